The van der Waals surface area contributed by atoms with Crippen LogP contribution in [0.2, 0.25) is 0 Å². The molecule has 1 aliphatic heterocycles. The van der Waals surface area contributed by atoms with E-state index in [9.17, 15) is 13.6 Å². The molecule has 0 spiro atoms. The minimum absolute atomic E-state index is 0.379. The van der Waals surface area contributed by atoms with Crippen LogP contribution < -0.4 is 5.32 Å². The predicted molar refractivity (Wildman–Crippen MR) is 103 cm³/mol. The normalized spacial score (nSPS) is 16.9. The van der Waals surface area contributed by atoms with E-state index in [1.54, 1.807) is 6.92 Å². The number of para-hydroxylation sites is 1. The first-order chi connectivity index (χ1) is 13.0. The molecular formula is C21H25F2N3O. The van der Waals surface area contributed by atoms with Crippen molar-refractivity contribution in [3.63, 3.8) is 0 Å². The molecule has 0 aromatic heterocycles. The van der Waals surface area contributed by atoms with Gasteiger partial charge in [0.1, 0.15) is 17.3 Å². The summed E-state index contributed by atoms with van der Waals surface area (Å²) in [6, 6.07) is 13.5. The van der Waals surface area contributed by atoms with E-state index in [1.807, 2.05) is 23.1 Å². The molecule has 6 heteroatoms. The van der Waals surface area contributed by atoms with Gasteiger partial charge in [-0.1, -0.05) is 36.4 Å². The number of hydrogen-bond acceptors (Lipinski definition) is 3. The Labute approximate surface area is 158 Å². The quantitative estimate of drug-likeness (QED) is 0.845. The van der Waals surface area contributed by atoms with Crippen LogP contribution in [-0.4, -0.2) is 54.5 Å². The van der Waals surface area contributed by atoms with Gasteiger partial charge in [-0.2, -0.15) is 0 Å². The Morgan fingerprint density at radius 3 is 2.26 bits per heavy atom. The lowest BCUT2D eigenvalue weighted by Crippen LogP contribution is -2.53. The highest BCUT2D eigenvalue weighted by atomic mass is 19.1. The number of carbonyl (C=O) groups excluding carboxylic acids is 1. The third-order valence-electron chi connectivity index (χ3n) is 5.10. The summed E-state index contributed by atoms with van der Waals surface area (Å²) >= 11 is 0. The first-order valence-electron chi connectivity index (χ1n) is 9.30. The zero-order chi connectivity index (χ0) is 19.2. The van der Waals surface area contributed by atoms with Crippen LogP contribution in [-0.2, 0) is 11.2 Å². The van der Waals surface area contributed by atoms with E-state index in [1.165, 1.54) is 11.6 Å². The van der Waals surface area contributed by atoms with Gasteiger partial charge in [0, 0.05) is 32.7 Å². The fourth-order valence-electron chi connectivity index (χ4n) is 3.32. The third-order valence-corrected chi connectivity index (χ3v) is 5.10. The fraction of sp³-hybridized carbons (Fsp3) is 0.381. The van der Waals surface area contributed by atoms with Crippen molar-refractivity contribution in [3.05, 3.63) is 65.7 Å². The van der Waals surface area contributed by atoms with Crippen molar-refractivity contribution in [1.82, 2.24) is 9.80 Å². The molecule has 1 N–H and O–H groups in total. The molecule has 1 heterocycles. The molecule has 144 valence electrons. The van der Waals surface area contributed by atoms with Crippen LogP contribution in [0.4, 0.5) is 14.5 Å². The van der Waals surface area contributed by atoms with Gasteiger partial charge in [-0.05, 0) is 31.0 Å². The topological polar surface area (TPSA) is 35.6 Å². The average molecular weight is 373 g/mol. The lowest BCUT2D eigenvalue weighted by molar-refractivity contribution is -0.121. The Balaban J connectivity index is 1.48. The van der Waals surface area contributed by atoms with Crippen LogP contribution in [0.5, 0.6) is 0 Å². The number of rotatable bonds is 6. The Bertz CT molecular complexity index is 741. The molecule has 0 saturated carbocycles. The second-order valence-electron chi connectivity index (χ2n) is 6.88. The number of halogens is 2. The number of carbonyl (C=O) groups is 1. The number of amides is 1. The fourth-order valence-corrected chi connectivity index (χ4v) is 3.32. The number of nitrogens with zero attached hydrogens (tertiary/aromatic N) is 2. The van der Waals surface area contributed by atoms with Crippen LogP contribution in [0.25, 0.3) is 0 Å². The maximum atomic E-state index is 13.7. The second-order valence-corrected chi connectivity index (χ2v) is 6.88. The van der Waals surface area contributed by atoms with Crippen molar-refractivity contribution in [2.24, 2.45) is 0 Å². The van der Waals surface area contributed by atoms with Gasteiger partial charge in [0.15, 0.2) is 0 Å². The molecule has 27 heavy (non-hydrogen) atoms. The van der Waals surface area contributed by atoms with Crippen molar-refractivity contribution < 1.29 is 13.6 Å². The third kappa shape index (κ3) is 5.11. The summed E-state index contributed by atoms with van der Waals surface area (Å²) in [5, 5.41) is 2.39. The smallest absolute Gasteiger partial charge is 0.241 e. The van der Waals surface area contributed by atoms with E-state index in [4.69, 9.17) is 0 Å². The highest BCUT2D eigenvalue weighted by Gasteiger charge is 2.26. The molecule has 1 amide bonds. The number of nitrogens with one attached hydrogen (secondary N) is 1. The van der Waals surface area contributed by atoms with Gasteiger partial charge in [-0.3, -0.25) is 9.69 Å². The lowest BCUT2D eigenvalue weighted by atomic mass is 10.1. The molecule has 2 aromatic carbocycles. The van der Waals surface area contributed by atoms with Gasteiger partial charge in [0.05, 0.1) is 6.04 Å². The molecule has 1 unspecified atom stereocenters. The van der Waals surface area contributed by atoms with E-state index in [0.29, 0.717) is 0 Å². The van der Waals surface area contributed by atoms with E-state index < -0.39 is 23.6 Å². The Hall–Kier alpha value is -2.31. The molecule has 1 saturated heterocycles. The van der Waals surface area contributed by atoms with Crippen LogP contribution >= 0.6 is 0 Å². The molecule has 1 fully saturated rings. The molecule has 1 atom stereocenters. The maximum absolute atomic E-state index is 13.7. The minimum Gasteiger partial charge on any atom is -0.320 e. The lowest BCUT2D eigenvalue weighted by Gasteiger charge is -2.37. The summed E-state index contributed by atoms with van der Waals surface area (Å²) in [7, 11) is 0. The van der Waals surface area contributed by atoms with Gasteiger partial charge in [-0.15, -0.1) is 0 Å². The monoisotopic (exact) mass is 373 g/mol. The molecule has 4 nitrogen and oxygen atoms in total. The predicted octanol–water partition coefficient (Wildman–Crippen LogP) is 3.15. The number of piperazine rings is 1. The summed E-state index contributed by atoms with van der Waals surface area (Å²) in [5.41, 5.74) is 0.940. The maximum Gasteiger partial charge on any atom is 0.241 e. The number of anilines is 1. The summed E-state index contributed by atoms with van der Waals surface area (Å²) in [6.45, 7) is 6.01. The first-order valence-corrected chi connectivity index (χ1v) is 9.30. The van der Waals surface area contributed by atoms with Crippen molar-refractivity contribution in [2.45, 2.75) is 19.4 Å². The van der Waals surface area contributed by atoms with Gasteiger partial charge >= 0.3 is 0 Å². The Morgan fingerprint density at radius 2 is 1.63 bits per heavy atom. The first kappa shape index (κ1) is 19.5. The van der Waals surface area contributed by atoms with Crippen LogP contribution in [0, 0.1) is 11.6 Å². The van der Waals surface area contributed by atoms with Gasteiger partial charge in [0.25, 0.3) is 0 Å². The zero-order valence-electron chi connectivity index (χ0n) is 15.5. The summed E-state index contributed by atoms with van der Waals surface area (Å²) in [5.74, 6) is -1.92. The summed E-state index contributed by atoms with van der Waals surface area (Å²) in [6.07, 6.45) is 1.00. The van der Waals surface area contributed by atoms with E-state index in [-0.39, 0.29) is 5.69 Å². The van der Waals surface area contributed by atoms with Gasteiger partial charge in [-0.25, -0.2) is 8.78 Å². The molecule has 0 bridgehead atoms. The van der Waals surface area contributed by atoms with E-state index in [0.717, 1.165) is 51.3 Å². The van der Waals surface area contributed by atoms with Crippen molar-refractivity contribution in [1.29, 1.82) is 0 Å². The van der Waals surface area contributed by atoms with E-state index in [2.05, 4.69) is 22.3 Å². The molecule has 3 rings (SSSR count). The van der Waals surface area contributed by atoms with Crippen molar-refractivity contribution >= 4 is 11.6 Å². The summed E-state index contributed by atoms with van der Waals surface area (Å²) < 4.78 is 27.4. The number of benzene rings is 2. The van der Waals surface area contributed by atoms with Crippen molar-refractivity contribution in [2.75, 3.05) is 38.0 Å². The van der Waals surface area contributed by atoms with Crippen LogP contribution in [0.1, 0.15) is 12.5 Å². The largest absolute Gasteiger partial charge is 0.320 e. The molecule has 1 aliphatic rings. The van der Waals surface area contributed by atoms with Crippen LogP contribution in [0.3, 0.4) is 0 Å². The highest BCUT2D eigenvalue weighted by Crippen LogP contribution is 2.19. The molecule has 0 aliphatic carbocycles. The Morgan fingerprint density at radius 1 is 1.00 bits per heavy atom. The molecular weight excluding hydrogens is 348 g/mol. The molecule has 2 aromatic rings. The number of hydrogen-bond donors (Lipinski definition) is 1. The highest BCUT2D eigenvalue weighted by molar-refractivity contribution is 5.94. The van der Waals surface area contributed by atoms with Gasteiger partial charge < -0.3 is 10.2 Å². The molecule has 0 radical (unpaired) electrons. The SMILES string of the molecule is CC(C(=O)Nc1c(F)cccc1F)N1CCN(CCc2ccccc2)CC1. The second kappa shape index (κ2) is 9.06. The minimum atomic E-state index is -0.763. The standard InChI is InChI=1S/C21H25F2N3O/c1-16(21(27)24-20-18(22)8-5-9-19(20)23)26-14-12-25(13-15-26)11-10-17-6-3-2-4-7-17/h2-9,16H,10-15H2,1H3,(H,24,27). The Kier molecular flexibility index (Phi) is 6.53. The summed E-state index contributed by atoms with van der Waals surface area (Å²) in [4.78, 5) is 16.8. The van der Waals surface area contributed by atoms with Gasteiger partial charge in [0.2, 0.25) is 5.91 Å². The zero-order valence-corrected chi connectivity index (χ0v) is 15.5. The van der Waals surface area contributed by atoms with E-state index >= 15 is 0 Å². The average Bonchev–Trinajstić information content (AvgIpc) is 2.70. The van der Waals surface area contributed by atoms with Crippen LogP contribution in [0.15, 0.2) is 48.5 Å². The van der Waals surface area contributed by atoms with Crippen molar-refractivity contribution in [3.8, 4) is 0 Å².